The van der Waals surface area contributed by atoms with Crippen molar-refractivity contribution in [1.82, 2.24) is 4.90 Å². The van der Waals surface area contributed by atoms with E-state index in [9.17, 15) is 14.4 Å². The van der Waals surface area contributed by atoms with E-state index >= 15 is 0 Å². The maximum Gasteiger partial charge on any atom is 0.272 e. The lowest BCUT2D eigenvalue weighted by Crippen LogP contribution is -2.37. The van der Waals surface area contributed by atoms with Crippen LogP contribution in [0, 0.1) is 6.92 Å². The van der Waals surface area contributed by atoms with Crippen LogP contribution >= 0.6 is 11.6 Å². The predicted molar refractivity (Wildman–Crippen MR) is 70.5 cm³/mol. The van der Waals surface area contributed by atoms with E-state index in [0.717, 1.165) is 16.5 Å². The van der Waals surface area contributed by atoms with Crippen LogP contribution in [0.1, 0.15) is 5.56 Å². The molecule has 1 aromatic rings. The van der Waals surface area contributed by atoms with Gasteiger partial charge in [0.15, 0.2) is 0 Å². The molecule has 0 aliphatic carbocycles. The highest BCUT2D eigenvalue weighted by Crippen LogP contribution is 2.16. The number of nitrogens with zero attached hydrogens (tertiary/aromatic N) is 1. The Bertz CT molecular complexity index is 578. The Labute approximate surface area is 114 Å². The molecule has 0 unspecified atom stereocenters. The summed E-state index contributed by atoms with van der Waals surface area (Å²) < 4.78 is 0. The molecule has 0 bridgehead atoms. The van der Waals surface area contributed by atoms with E-state index in [1.807, 2.05) is 19.1 Å². The van der Waals surface area contributed by atoms with Gasteiger partial charge in [-0.3, -0.25) is 19.3 Å². The van der Waals surface area contributed by atoms with Crippen molar-refractivity contribution in [2.24, 2.45) is 0 Å². The molecular formula is C13H11ClN2O3. The molecule has 1 heterocycles. The summed E-state index contributed by atoms with van der Waals surface area (Å²) in [5.41, 5.74) is 1.67. The molecule has 5 nitrogen and oxygen atoms in total. The number of hydrogen-bond acceptors (Lipinski definition) is 3. The van der Waals surface area contributed by atoms with Crippen LogP contribution in [0.15, 0.2) is 35.4 Å². The Kier molecular flexibility index (Phi) is 3.66. The van der Waals surface area contributed by atoms with Crippen molar-refractivity contribution in [3.8, 4) is 0 Å². The fourth-order valence-electron chi connectivity index (χ4n) is 1.61. The van der Waals surface area contributed by atoms with Gasteiger partial charge in [-0.25, -0.2) is 0 Å². The summed E-state index contributed by atoms with van der Waals surface area (Å²) in [6.07, 6.45) is 1.00. The Morgan fingerprint density at radius 2 is 1.89 bits per heavy atom. The van der Waals surface area contributed by atoms with Gasteiger partial charge in [0.2, 0.25) is 5.91 Å². The van der Waals surface area contributed by atoms with E-state index < -0.39 is 17.7 Å². The summed E-state index contributed by atoms with van der Waals surface area (Å²) in [7, 11) is 0. The first kappa shape index (κ1) is 13.3. The quantitative estimate of drug-likeness (QED) is 0.851. The van der Waals surface area contributed by atoms with Gasteiger partial charge in [-0.2, -0.15) is 0 Å². The van der Waals surface area contributed by atoms with Gasteiger partial charge in [0.05, 0.1) is 0 Å². The number of halogens is 1. The zero-order valence-corrected chi connectivity index (χ0v) is 10.9. The fourth-order valence-corrected chi connectivity index (χ4v) is 1.80. The molecule has 6 heteroatoms. The molecule has 0 spiro atoms. The second-order valence-corrected chi connectivity index (χ2v) is 4.54. The molecule has 3 amide bonds. The van der Waals surface area contributed by atoms with Crippen molar-refractivity contribution in [2.45, 2.75) is 6.92 Å². The second-order valence-electron chi connectivity index (χ2n) is 4.14. The largest absolute Gasteiger partial charge is 0.325 e. The Morgan fingerprint density at radius 3 is 2.42 bits per heavy atom. The number of imide groups is 1. The highest BCUT2D eigenvalue weighted by Gasteiger charge is 2.31. The van der Waals surface area contributed by atoms with E-state index in [1.165, 1.54) is 0 Å². The molecular weight excluding hydrogens is 268 g/mol. The molecule has 1 aliphatic heterocycles. The maximum atomic E-state index is 11.7. The summed E-state index contributed by atoms with van der Waals surface area (Å²) in [6.45, 7) is 1.58. The van der Waals surface area contributed by atoms with Crippen molar-refractivity contribution in [3.05, 3.63) is 40.9 Å². The molecule has 0 saturated heterocycles. The summed E-state index contributed by atoms with van der Waals surface area (Å²) >= 11 is 5.53. The zero-order valence-electron chi connectivity index (χ0n) is 10.1. The van der Waals surface area contributed by atoms with Crippen LogP contribution < -0.4 is 5.32 Å². The molecule has 0 fully saturated rings. The van der Waals surface area contributed by atoms with Crippen molar-refractivity contribution in [1.29, 1.82) is 0 Å². The van der Waals surface area contributed by atoms with Gasteiger partial charge in [-0.15, -0.1) is 0 Å². The van der Waals surface area contributed by atoms with Crippen LogP contribution in [0.3, 0.4) is 0 Å². The van der Waals surface area contributed by atoms with Crippen LogP contribution in [0.25, 0.3) is 0 Å². The molecule has 2 rings (SSSR count). The zero-order chi connectivity index (χ0) is 14.0. The van der Waals surface area contributed by atoms with Crippen molar-refractivity contribution in [3.63, 3.8) is 0 Å². The van der Waals surface area contributed by atoms with Gasteiger partial charge < -0.3 is 5.32 Å². The van der Waals surface area contributed by atoms with Crippen molar-refractivity contribution < 1.29 is 14.4 Å². The third kappa shape index (κ3) is 3.00. The minimum absolute atomic E-state index is 0.173. The second kappa shape index (κ2) is 5.24. The summed E-state index contributed by atoms with van der Waals surface area (Å²) in [6, 6.07) is 7.18. The maximum absolute atomic E-state index is 11.7. The summed E-state index contributed by atoms with van der Waals surface area (Å²) in [5, 5.41) is 2.43. The summed E-state index contributed by atoms with van der Waals surface area (Å²) in [4.78, 5) is 35.4. The van der Waals surface area contributed by atoms with Gasteiger partial charge in [0.1, 0.15) is 11.6 Å². The van der Waals surface area contributed by atoms with Gasteiger partial charge in [0, 0.05) is 11.8 Å². The minimum Gasteiger partial charge on any atom is -0.325 e. The predicted octanol–water partition coefficient (Wildman–Crippen LogP) is 1.43. The van der Waals surface area contributed by atoms with Crippen molar-refractivity contribution in [2.75, 3.05) is 11.9 Å². The number of rotatable bonds is 3. The lowest BCUT2D eigenvalue weighted by atomic mass is 10.2. The third-order valence-corrected chi connectivity index (χ3v) is 2.87. The SMILES string of the molecule is Cc1ccc(NC(=O)CN2C(=O)C=C(Cl)C2=O)cc1. The monoisotopic (exact) mass is 278 g/mol. The topological polar surface area (TPSA) is 66.5 Å². The highest BCUT2D eigenvalue weighted by atomic mass is 35.5. The average Bonchev–Trinajstić information content (AvgIpc) is 2.59. The molecule has 1 aromatic carbocycles. The number of carbonyl (C=O) groups is 3. The first-order chi connectivity index (χ1) is 8.97. The number of amides is 3. The molecule has 1 N–H and O–H groups in total. The third-order valence-electron chi connectivity index (χ3n) is 2.60. The molecule has 0 radical (unpaired) electrons. The number of hydrogen-bond donors (Lipinski definition) is 1. The molecule has 19 heavy (non-hydrogen) atoms. The summed E-state index contributed by atoms with van der Waals surface area (Å²) in [5.74, 6) is -1.68. The van der Waals surface area contributed by atoms with Gasteiger partial charge >= 0.3 is 0 Å². The number of aryl methyl sites for hydroxylation is 1. The van der Waals surface area contributed by atoms with Crippen LogP contribution in [-0.4, -0.2) is 29.2 Å². The van der Waals surface area contributed by atoms with E-state index in [1.54, 1.807) is 12.1 Å². The first-order valence-electron chi connectivity index (χ1n) is 5.57. The highest BCUT2D eigenvalue weighted by molar-refractivity contribution is 6.47. The smallest absolute Gasteiger partial charge is 0.272 e. The van der Waals surface area contributed by atoms with E-state index in [-0.39, 0.29) is 11.6 Å². The number of nitrogens with one attached hydrogen (secondary N) is 1. The van der Waals surface area contributed by atoms with Crippen LogP contribution in [0.2, 0.25) is 0 Å². The van der Waals surface area contributed by atoms with E-state index in [2.05, 4.69) is 5.32 Å². The van der Waals surface area contributed by atoms with E-state index in [4.69, 9.17) is 11.6 Å². The average molecular weight is 279 g/mol. The normalized spacial score (nSPS) is 14.6. The minimum atomic E-state index is -0.647. The van der Waals surface area contributed by atoms with Gasteiger partial charge in [-0.1, -0.05) is 29.3 Å². The lowest BCUT2D eigenvalue weighted by Gasteiger charge is -2.13. The standard InChI is InChI=1S/C13H11ClN2O3/c1-8-2-4-9(5-3-8)15-11(17)7-16-12(18)6-10(14)13(16)19/h2-6H,7H2,1H3,(H,15,17). The molecule has 0 aromatic heterocycles. The number of benzene rings is 1. The number of carbonyl (C=O) groups excluding carboxylic acids is 3. The molecule has 0 saturated carbocycles. The van der Waals surface area contributed by atoms with E-state index in [0.29, 0.717) is 5.69 Å². The van der Waals surface area contributed by atoms with Crippen LogP contribution in [0.4, 0.5) is 5.69 Å². The fraction of sp³-hybridized carbons (Fsp3) is 0.154. The Balaban J connectivity index is 1.97. The van der Waals surface area contributed by atoms with Gasteiger partial charge in [0.25, 0.3) is 11.8 Å². The Hall–Kier alpha value is -2.14. The molecule has 0 atom stereocenters. The van der Waals surface area contributed by atoms with Gasteiger partial charge in [-0.05, 0) is 19.1 Å². The van der Waals surface area contributed by atoms with Crippen LogP contribution in [0.5, 0.6) is 0 Å². The van der Waals surface area contributed by atoms with Crippen LogP contribution in [-0.2, 0) is 14.4 Å². The number of anilines is 1. The lowest BCUT2D eigenvalue weighted by molar-refractivity contribution is -0.140. The molecule has 98 valence electrons. The van der Waals surface area contributed by atoms with Crippen molar-refractivity contribution >= 4 is 35.0 Å². The Morgan fingerprint density at radius 1 is 1.26 bits per heavy atom. The first-order valence-corrected chi connectivity index (χ1v) is 5.95. The molecule has 1 aliphatic rings.